The Labute approximate surface area is 78.8 Å². The Hall–Kier alpha value is -1.29. The van der Waals surface area contributed by atoms with E-state index in [2.05, 4.69) is 15.2 Å². The third-order valence-corrected chi connectivity index (χ3v) is 1.65. The number of hydrogen-bond acceptors (Lipinski definition) is 4. The van der Waals surface area contributed by atoms with E-state index in [9.17, 15) is 0 Å². The quantitative estimate of drug-likeness (QED) is 0.714. The van der Waals surface area contributed by atoms with Gasteiger partial charge in [0, 0.05) is 31.0 Å². The highest BCUT2D eigenvalue weighted by molar-refractivity contribution is 5.48. The number of likely N-dealkylation sites (N-methyl/N-ethyl adjacent to an activating group) is 1. The summed E-state index contributed by atoms with van der Waals surface area (Å²) in [5, 5.41) is 3.18. The van der Waals surface area contributed by atoms with Gasteiger partial charge in [-0.05, 0) is 20.2 Å². The van der Waals surface area contributed by atoms with E-state index in [-0.39, 0.29) is 0 Å². The minimum Gasteiger partial charge on any atom is -0.399 e. The molecule has 1 aromatic heterocycles. The highest BCUT2D eigenvalue weighted by Crippen LogP contribution is 2.06. The van der Waals surface area contributed by atoms with E-state index < -0.39 is 0 Å². The van der Waals surface area contributed by atoms with Crippen molar-refractivity contribution in [2.24, 2.45) is 0 Å². The fourth-order valence-electron chi connectivity index (χ4n) is 0.951. The molecule has 0 bridgehead atoms. The summed E-state index contributed by atoms with van der Waals surface area (Å²) >= 11 is 0. The molecule has 3 N–H and O–H groups in total. The van der Waals surface area contributed by atoms with E-state index in [0.29, 0.717) is 0 Å². The molecular weight excluding hydrogens is 164 g/mol. The number of nitrogens with zero attached hydrogens (tertiary/aromatic N) is 2. The number of rotatable bonds is 4. The lowest BCUT2D eigenvalue weighted by atomic mass is 10.4. The summed E-state index contributed by atoms with van der Waals surface area (Å²) in [5.41, 5.74) is 6.34. The zero-order chi connectivity index (χ0) is 9.68. The number of aromatic nitrogens is 1. The lowest BCUT2D eigenvalue weighted by Gasteiger charge is -2.10. The van der Waals surface area contributed by atoms with E-state index in [1.54, 1.807) is 12.3 Å². The molecule has 1 rings (SSSR count). The van der Waals surface area contributed by atoms with Crippen LogP contribution < -0.4 is 11.1 Å². The second kappa shape index (κ2) is 4.67. The third-order valence-electron chi connectivity index (χ3n) is 1.65. The SMILES string of the molecule is CN(C)CCNc1cc(N)ccn1. The molecular formula is C9H16N4. The Balaban J connectivity index is 2.37. The molecule has 0 fully saturated rings. The van der Waals surface area contributed by atoms with Gasteiger partial charge in [-0.3, -0.25) is 0 Å². The predicted molar refractivity (Wildman–Crippen MR) is 55.7 cm³/mol. The van der Waals surface area contributed by atoms with E-state index in [0.717, 1.165) is 24.6 Å². The molecule has 0 radical (unpaired) electrons. The maximum atomic E-state index is 5.60. The van der Waals surface area contributed by atoms with Crippen LogP contribution in [0.25, 0.3) is 0 Å². The molecule has 0 aliphatic heterocycles. The first-order valence-electron chi connectivity index (χ1n) is 4.28. The molecule has 72 valence electrons. The van der Waals surface area contributed by atoms with Crippen LogP contribution in [0.4, 0.5) is 11.5 Å². The second-order valence-corrected chi connectivity index (χ2v) is 3.20. The van der Waals surface area contributed by atoms with Crippen LogP contribution in [-0.2, 0) is 0 Å². The number of nitrogens with two attached hydrogens (primary N) is 1. The van der Waals surface area contributed by atoms with Gasteiger partial charge in [0.15, 0.2) is 0 Å². The molecule has 0 aliphatic rings. The van der Waals surface area contributed by atoms with Gasteiger partial charge in [-0.15, -0.1) is 0 Å². The van der Waals surface area contributed by atoms with Gasteiger partial charge >= 0.3 is 0 Å². The normalized spacial score (nSPS) is 10.4. The maximum absolute atomic E-state index is 5.60. The first-order valence-corrected chi connectivity index (χ1v) is 4.28. The molecule has 0 saturated carbocycles. The highest BCUT2D eigenvalue weighted by Gasteiger charge is 1.93. The van der Waals surface area contributed by atoms with E-state index in [4.69, 9.17) is 5.73 Å². The Kier molecular flexibility index (Phi) is 3.52. The van der Waals surface area contributed by atoms with Crippen LogP contribution >= 0.6 is 0 Å². The molecule has 4 heteroatoms. The average molecular weight is 180 g/mol. The summed E-state index contributed by atoms with van der Waals surface area (Å²) in [6.07, 6.45) is 1.70. The Morgan fingerprint density at radius 1 is 1.54 bits per heavy atom. The summed E-state index contributed by atoms with van der Waals surface area (Å²) in [4.78, 5) is 6.24. The fourth-order valence-corrected chi connectivity index (χ4v) is 0.951. The molecule has 0 aliphatic carbocycles. The van der Waals surface area contributed by atoms with Gasteiger partial charge in [0.05, 0.1) is 0 Å². The van der Waals surface area contributed by atoms with Crippen LogP contribution in [0.1, 0.15) is 0 Å². The lowest BCUT2D eigenvalue weighted by molar-refractivity contribution is 0.425. The largest absolute Gasteiger partial charge is 0.399 e. The van der Waals surface area contributed by atoms with Gasteiger partial charge in [0.1, 0.15) is 5.82 Å². The van der Waals surface area contributed by atoms with Gasteiger partial charge in [-0.2, -0.15) is 0 Å². The van der Waals surface area contributed by atoms with Gasteiger partial charge in [-0.25, -0.2) is 4.98 Å². The topological polar surface area (TPSA) is 54.2 Å². The van der Waals surface area contributed by atoms with E-state index in [1.165, 1.54) is 0 Å². The van der Waals surface area contributed by atoms with Crippen molar-refractivity contribution in [1.29, 1.82) is 0 Å². The molecule has 0 spiro atoms. The third kappa shape index (κ3) is 3.75. The molecule has 0 aromatic carbocycles. The minimum atomic E-state index is 0.738. The number of anilines is 2. The van der Waals surface area contributed by atoms with E-state index >= 15 is 0 Å². The van der Waals surface area contributed by atoms with Gasteiger partial charge in [0.25, 0.3) is 0 Å². The number of nitrogen functional groups attached to an aromatic ring is 1. The summed E-state index contributed by atoms with van der Waals surface area (Å²) in [6, 6.07) is 3.60. The Morgan fingerprint density at radius 3 is 2.92 bits per heavy atom. The van der Waals surface area contributed by atoms with Crippen LogP contribution in [-0.4, -0.2) is 37.1 Å². The number of nitrogens with one attached hydrogen (secondary N) is 1. The maximum Gasteiger partial charge on any atom is 0.127 e. The molecule has 0 atom stereocenters. The van der Waals surface area contributed by atoms with Crippen molar-refractivity contribution in [3.05, 3.63) is 18.3 Å². The summed E-state index contributed by atoms with van der Waals surface area (Å²) < 4.78 is 0. The number of pyridine rings is 1. The second-order valence-electron chi connectivity index (χ2n) is 3.20. The minimum absolute atomic E-state index is 0.738. The first-order chi connectivity index (χ1) is 6.18. The van der Waals surface area contributed by atoms with Gasteiger partial charge in [-0.1, -0.05) is 0 Å². The van der Waals surface area contributed by atoms with Crippen molar-refractivity contribution in [2.45, 2.75) is 0 Å². The highest BCUT2D eigenvalue weighted by atomic mass is 15.1. The molecule has 0 unspecified atom stereocenters. The first kappa shape index (κ1) is 9.80. The average Bonchev–Trinajstić information content (AvgIpc) is 2.03. The Bertz CT molecular complexity index is 260. The molecule has 13 heavy (non-hydrogen) atoms. The Morgan fingerprint density at radius 2 is 2.31 bits per heavy atom. The molecule has 0 saturated heterocycles. The van der Waals surface area contributed by atoms with Crippen molar-refractivity contribution in [3.8, 4) is 0 Å². The van der Waals surface area contributed by atoms with Crippen molar-refractivity contribution in [2.75, 3.05) is 38.2 Å². The molecule has 4 nitrogen and oxygen atoms in total. The summed E-state index contributed by atoms with van der Waals surface area (Å²) in [5.74, 6) is 0.835. The van der Waals surface area contributed by atoms with Crippen molar-refractivity contribution < 1.29 is 0 Å². The molecule has 0 amide bonds. The van der Waals surface area contributed by atoms with Gasteiger partial charge < -0.3 is 16.0 Å². The van der Waals surface area contributed by atoms with Crippen molar-refractivity contribution in [3.63, 3.8) is 0 Å². The zero-order valence-corrected chi connectivity index (χ0v) is 8.12. The lowest BCUT2D eigenvalue weighted by Crippen LogP contribution is -2.21. The predicted octanol–water partition coefficient (Wildman–Crippen LogP) is 0.637. The summed E-state index contributed by atoms with van der Waals surface area (Å²) in [6.45, 7) is 1.86. The van der Waals surface area contributed by atoms with Crippen LogP contribution in [0.5, 0.6) is 0 Å². The number of hydrogen-bond donors (Lipinski definition) is 2. The van der Waals surface area contributed by atoms with E-state index in [1.807, 2.05) is 20.2 Å². The van der Waals surface area contributed by atoms with Crippen LogP contribution in [0, 0.1) is 0 Å². The molecule has 1 heterocycles. The van der Waals surface area contributed by atoms with Gasteiger partial charge in [0.2, 0.25) is 0 Å². The summed E-state index contributed by atoms with van der Waals surface area (Å²) in [7, 11) is 4.07. The monoisotopic (exact) mass is 180 g/mol. The fraction of sp³-hybridized carbons (Fsp3) is 0.444. The van der Waals surface area contributed by atoms with Crippen molar-refractivity contribution >= 4 is 11.5 Å². The van der Waals surface area contributed by atoms with Crippen molar-refractivity contribution in [1.82, 2.24) is 9.88 Å². The van der Waals surface area contributed by atoms with Crippen LogP contribution in [0.3, 0.4) is 0 Å². The standard InChI is InChI=1S/C9H16N4/c1-13(2)6-5-12-9-7-8(10)3-4-11-9/h3-4,7H,5-6H2,1-2H3,(H3,10,11,12). The van der Waals surface area contributed by atoms with Crippen LogP contribution in [0.2, 0.25) is 0 Å². The van der Waals surface area contributed by atoms with Crippen LogP contribution in [0.15, 0.2) is 18.3 Å². The molecule has 1 aromatic rings. The zero-order valence-electron chi connectivity index (χ0n) is 8.12. The smallest absolute Gasteiger partial charge is 0.127 e.